The van der Waals surface area contributed by atoms with Crippen molar-refractivity contribution >= 4 is 0 Å². The van der Waals surface area contributed by atoms with Crippen molar-refractivity contribution in [1.82, 2.24) is 20.1 Å². The van der Waals surface area contributed by atoms with Gasteiger partial charge in [0.2, 0.25) is 0 Å². The summed E-state index contributed by atoms with van der Waals surface area (Å²) in [7, 11) is 1.84. The quantitative estimate of drug-likeness (QED) is 0.878. The maximum atomic E-state index is 13.7. The molecule has 4 nitrogen and oxygen atoms in total. The molecule has 0 radical (unpaired) electrons. The van der Waals surface area contributed by atoms with Crippen molar-refractivity contribution in [2.45, 2.75) is 19.4 Å². The van der Waals surface area contributed by atoms with Gasteiger partial charge in [0.1, 0.15) is 18.0 Å². The Labute approximate surface area is 106 Å². The van der Waals surface area contributed by atoms with E-state index in [0.29, 0.717) is 12.0 Å². The Morgan fingerprint density at radius 2 is 2.17 bits per heavy atom. The van der Waals surface area contributed by atoms with Gasteiger partial charge in [0.25, 0.3) is 0 Å². The molecular weight excluding hydrogens is 231 g/mol. The number of likely N-dealkylation sites (N-methyl/N-ethyl adjacent to an activating group) is 1. The molecule has 0 aliphatic rings. The Morgan fingerprint density at radius 3 is 2.78 bits per heavy atom. The number of nitrogens with one attached hydrogen (secondary N) is 1. The molecule has 1 aromatic carbocycles. The van der Waals surface area contributed by atoms with E-state index in [2.05, 4.69) is 15.4 Å². The van der Waals surface area contributed by atoms with Crippen LogP contribution in [0.15, 0.2) is 30.6 Å². The average Bonchev–Trinajstić information content (AvgIpc) is 2.78. The summed E-state index contributed by atoms with van der Waals surface area (Å²) in [5, 5.41) is 7.37. The van der Waals surface area contributed by atoms with Crippen molar-refractivity contribution in [3.63, 3.8) is 0 Å². The molecule has 18 heavy (non-hydrogen) atoms. The van der Waals surface area contributed by atoms with Gasteiger partial charge in [0, 0.05) is 7.05 Å². The molecule has 1 heterocycles. The monoisotopic (exact) mass is 248 g/mol. The minimum absolute atomic E-state index is 0.0283. The molecule has 1 aromatic heterocycles. The van der Waals surface area contributed by atoms with E-state index in [0.717, 1.165) is 12.4 Å². The second-order valence-corrected chi connectivity index (χ2v) is 4.15. The SMILES string of the molecule is CCNC(Cc1ccccc1F)c1ncnn1C. The molecule has 2 rings (SSSR count). The number of halogens is 1. The van der Waals surface area contributed by atoms with Crippen LogP contribution in [0.5, 0.6) is 0 Å². The van der Waals surface area contributed by atoms with Crippen molar-refractivity contribution in [2.24, 2.45) is 7.05 Å². The van der Waals surface area contributed by atoms with Gasteiger partial charge >= 0.3 is 0 Å². The lowest BCUT2D eigenvalue weighted by Gasteiger charge is -2.17. The number of hydrogen-bond acceptors (Lipinski definition) is 3. The lowest BCUT2D eigenvalue weighted by molar-refractivity contribution is 0.484. The fraction of sp³-hybridized carbons (Fsp3) is 0.385. The van der Waals surface area contributed by atoms with Gasteiger partial charge in [-0.05, 0) is 24.6 Å². The van der Waals surface area contributed by atoms with E-state index in [9.17, 15) is 4.39 Å². The van der Waals surface area contributed by atoms with Gasteiger partial charge in [-0.15, -0.1) is 0 Å². The smallest absolute Gasteiger partial charge is 0.144 e. The lowest BCUT2D eigenvalue weighted by atomic mass is 10.0. The molecule has 1 N–H and O–H groups in total. The summed E-state index contributed by atoms with van der Waals surface area (Å²) in [5.74, 6) is 0.641. The summed E-state index contributed by atoms with van der Waals surface area (Å²) in [6.07, 6.45) is 2.08. The molecule has 0 fully saturated rings. The van der Waals surface area contributed by atoms with Gasteiger partial charge in [-0.2, -0.15) is 5.10 Å². The van der Waals surface area contributed by atoms with Crippen LogP contribution in [-0.4, -0.2) is 21.3 Å². The van der Waals surface area contributed by atoms with Crippen LogP contribution in [0, 0.1) is 5.82 Å². The van der Waals surface area contributed by atoms with Gasteiger partial charge in [-0.3, -0.25) is 4.68 Å². The van der Waals surface area contributed by atoms with Crippen LogP contribution < -0.4 is 5.32 Å². The third kappa shape index (κ3) is 2.73. The molecule has 5 heteroatoms. The van der Waals surface area contributed by atoms with Crippen molar-refractivity contribution in [3.05, 3.63) is 47.8 Å². The first-order valence-electron chi connectivity index (χ1n) is 6.03. The summed E-state index contributed by atoms with van der Waals surface area (Å²) in [4.78, 5) is 4.23. The zero-order chi connectivity index (χ0) is 13.0. The molecule has 96 valence electrons. The topological polar surface area (TPSA) is 42.7 Å². The number of hydrogen-bond donors (Lipinski definition) is 1. The van der Waals surface area contributed by atoms with Gasteiger partial charge in [-0.25, -0.2) is 9.37 Å². The summed E-state index contributed by atoms with van der Waals surface area (Å²) in [5.41, 5.74) is 0.687. The van der Waals surface area contributed by atoms with E-state index in [-0.39, 0.29) is 11.9 Å². The largest absolute Gasteiger partial charge is 0.307 e. The first-order chi connectivity index (χ1) is 8.72. The normalized spacial score (nSPS) is 12.6. The Bertz CT molecular complexity index is 509. The summed E-state index contributed by atoms with van der Waals surface area (Å²) in [6, 6.07) is 6.80. The van der Waals surface area contributed by atoms with Gasteiger partial charge in [0.05, 0.1) is 6.04 Å². The fourth-order valence-electron chi connectivity index (χ4n) is 2.01. The van der Waals surface area contributed by atoms with Crippen LogP contribution in [-0.2, 0) is 13.5 Å². The highest BCUT2D eigenvalue weighted by Gasteiger charge is 2.17. The van der Waals surface area contributed by atoms with Crippen molar-refractivity contribution < 1.29 is 4.39 Å². The van der Waals surface area contributed by atoms with Gasteiger partial charge in [-0.1, -0.05) is 25.1 Å². The van der Waals surface area contributed by atoms with Crippen molar-refractivity contribution in [3.8, 4) is 0 Å². The molecule has 0 spiro atoms. The van der Waals surface area contributed by atoms with Crippen LogP contribution >= 0.6 is 0 Å². The third-order valence-electron chi connectivity index (χ3n) is 2.89. The highest BCUT2D eigenvalue weighted by atomic mass is 19.1. The minimum atomic E-state index is -0.178. The molecule has 0 saturated carbocycles. The molecule has 0 saturated heterocycles. The van der Waals surface area contributed by atoms with Crippen LogP contribution in [0.4, 0.5) is 4.39 Å². The predicted octanol–water partition coefficient (Wildman–Crippen LogP) is 1.85. The van der Waals surface area contributed by atoms with Gasteiger partial charge in [0.15, 0.2) is 0 Å². The summed E-state index contributed by atoms with van der Waals surface area (Å²) >= 11 is 0. The average molecular weight is 248 g/mol. The molecule has 0 bridgehead atoms. The van der Waals surface area contributed by atoms with E-state index in [1.54, 1.807) is 16.8 Å². The third-order valence-corrected chi connectivity index (χ3v) is 2.89. The minimum Gasteiger partial charge on any atom is -0.307 e. The number of rotatable bonds is 5. The highest BCUT2D eigenvalue weighted by Crippen LogP contribution is 2.17. The van der Waals surface area contributed by atoms with E-state index < -0.39 is 0 Å². The van der Waals surface area contributed by atoms with Crippen LogP contribution in [0.1, 0.15) is 24.4 Å². The highest BCUT2D eigenvalue weighted by molar-refractivity contribution is 5.19. The Hall–Kier alpha value is -1.75. The molecular formula is C13H17FN4. The first-order valence-corrected chi connectivity index (χ1v) is 6.03. The second-order valence-electron chi connectivity index (χ2n) is 4.15. The number of aryl methyl sites for hydroxylation is 1. The predicted molar refractivity (Wildman–Crippen MR) is 67.5 cm³/mol. The molecule has 1 atom stereocenters. The van der Waals surface area contributed by atoms with Crippen molar-refractivity contribution in [2.75, 3.05) is 6.54 Å². The molecule has 0 aliphatic heterocycles. The Kier molecular flexibility index (Phi) is 4.04. The maximum absolute atomic E-state index is 13.7. The molecule has 0 amide bonds. The van der Waals surface area contributed by atoms with Crippen LogP contribution in [0.2, 0.25) is 0 Å². The van der Waals surface area contributed by atoms with Crippen LogP contribution in [0.25, 0.3) is 0 Å². The van der Waals surface area contributed by atoms with E-state index in [4.69, 9.17) is 0 Å². The lowest BCUT2D eigenvalue weighted by Crippen LogP contribution is -2.26. The molecule has 0 aliphatic carbocycles. The summed E-state index contributed by atoms with van der Waals surface area (Å²) < 4.78 is 15.4. The molecule has 1 unspecified atom stereocenters. The van der Waals surface area contributed by atoms with E-state index in [1.807, 2.05) is 20.0 Å². The standard InChI is InChI=1S/C13H17FN4/c1-3-15-12(13-16-9-17-18(13)2)8-10-6-4-5-7-11(10)14/h4-7,9,12,15H,3,8H2,1-2H3. The van der Waals surface area contributed by atoms with Crippen molar-refractivity contribution in [1.29, 1.82) is 0 Å². The summed E-state index contributed by atoms with van der Waals surface area (Å²) in [6.45, 7) is 2.82. The number of aromatic nitrogens is 3. The van der Waals surface area contributed by atoms with Gasteiger partial charge < -0.3 is 5.32 Å². The Morgan fingerprint density at radius 1 is 1.39 bits per heavy atom. The second kappa shape index (κ2) is 5.73. The number of nitrogens with zero attached hydrogens (tertiary/aromatic N) is 3. The van der Waals surface area contributed by atoms with E-state index in [1.165, 1.54) is 12.4 Å². The molecule has 2 aromatic rings. The zero-order valence-electron chi connectivity index (χ0n) is 10.6. The van der Waals surface area contributed by atoms with E-state index >= 15 is 0 Å². The number of benzene rings is 1. The zero-order valence-corrected chi connectivity index (χ0v) is 10.6. The maximum Gasteiger partial charge on any atom is 0.144 e. The first kappa shape index (κ1) is 12.7. The fourth-order valence-corrected chi connectivity index (χ4v) is 2.01. The Balaban J connectivity index is 2.22. The van der Waals surface area contributed by atoms with Crippen LogP contribution in [0.3, 0.4) is 0 Å².